The van der Waals surface area contributed by atoms with Crippen LogP contribution >= 0.6 is 11.6 Å². The number of sulfonamides is 1. The van der Waals surface area contributed by atoms with E-state index in [1.165, 1.54) is 4.31 Å². The molecule has 0 aliphatic carbocycles. The molecule has 1 heterocycles. The zero-order valence-corrected chi connectivity index (χ0v) is 19.3. The molecule has 1 N–H and O–H groups in total. The predicted octanol–water partition coefficient (Wildman–Crippen LogP) is 3.39. The highest BCUT2D eigenvalue weighted by atomic mass is 35.5. The maximum Gasteiger partial charge on any atom is 0.243 e. The molecule has 168 valence electrons. The molecule has 0 saturated carbocycles. The molecular weight excluding hydrogens is 440 g/mol. The van der Waals surface area contributed by atoms with Gasteiger partial charge in [0.05, 0.1) is 29.6 Å². The molecule has 1 aliphatic rings. The highest BCUT2D eigenvalue weighted by molar-refractivity contribution is 7.89. The molecule has 2 aromatic rings. The number of benzene rings is 2. The second kappa shape index (κ2) is 10.3. The number of carbonyl (C=O) groups excluding carboxylic acids is 1. The van der Waals surface area contributed by atoms with Gasteiger partial charge in [0.1, 0.15) is 0 Å². The standard InChI is InChI=1S/C22H27ClN2O5S/c1-3-25(4-2)31(27,28)18-8-6-16(7-9-18)15-24-21(26)14-17-12-19(23)22-20(13-17)29-10-5-11-30-22/h6-9,12-13H,3-5,10-11,14-15H2,1-2H3,(H,24,26). The van der Waals surface area contributed by atoms with E-state index in [-0.39, 0.29) is 17.2 Å². The lowest BCUT2D eigenvalue weighted by atomic mass is 10.1. The minimum absolute atomic E-state index is 0.144. The van der Waals surface area contributed by atoms with Gasteiger partial charge in [-0.3, -0.25) is 4.79 Å². The Morgan fingerprint density at radius 1 is 1.06 bits per heavy atom. The Morgan fingerprint density at radius 2 is 1.74 bits per heavy atom. The zero-order valence-electron chi connectivity index (χ0n) is 17.7. The third-order valence-electron chi connectivity index (χ3n) is 4.98. The average molecular weight is 467 g/mol. The lowest BCUT2D eigenvalue weighted by Crippen LogP contribution is -2.30. The van der Waals surface area contributed by atoms with Crippen LogP contribution in [0.1, 0.15) is 31.4 Å². The van der Waals surface area contributed by atoms with Crippen molar-refractivity contribution in [1.29, 1.82) is 0 Å². The van der Waals surface area contributed by atoms with E-state index in [0.717, 1.165) is 17.5 Å². The molecular formula is C22H27ClN2O5S. The van der Waals surface area contributed by atoms with Crippen LogP contribution in [0.5, 0.6) is 11.5 Å². The van der Waals surface area contributed by atoms with E-state index < -0.39 is 10.0 Å². The number of halogens is 1. The summed E-state index contributed by atoms with van der Waals surface area (Å²) >= 11 is 6.28. The van der Waals surface area contributed by atoms with E-state index >= 15 is 0 Å². The number of hydrogen-bond donors (Lipinski definition) is 1. The van der Waals surface area contributed by atoms with Crippen LogP contribution in [-0.4, -0.2) is 44.9 Å². The van der Waals surface area contributed by atoms with Crippen molar-refractivity contribution in [2.45, 2.75) is 38.1 Å². The molecule has 1 amide bonds. The van der Waals surface area contributed by atoms with Crippen LogP contribution in [-0.2, 0) is 27.8 Å². The molecule has 0 radical (unpaired) electrons. The highest BCUT2D eigenvalue weighted by Crippen LogP contribution is 2.38. The average Bonchev–Trinajstić information content (AvgIpc) is 2.99. The number of rotatable bonds is 8. The summed E-state index contributed by atoms with van der Waals surface area (Å²) in [7, 11) is -3.49. The Bertz CT molecular complexity index is 1020. The lowest BCUT2D eigenvalue weighted by Gasteiger charge is -2.18. The van der Waals surface area contributed by atoms with Gasteiger partial charge in [-0.15, -0.1) is 0 Å². The fourth-order valence-electron chi connectivity index (χ4n) is 3.33. The second-order valence-electron chi connectivity index (χ2n) is 7.14. The van der Waals surface area contributed by atoms with Gasteiger partial charge in [-0.25, -0.2) is 8.42 Å². The van der Waals surface area contributed by atoms with Crippen LogP contribution in [0.15, 0.2) is 41.3 Å². The highest BCUT2D eigenvalue weighted by Gasteiger charge is 2.21. The molecule has 0 atom stereocenters. The smallest absolute Gasteiger partial charge is 0.243 e. The normalized spacial score (nSPS) is 13.7. The number of hydrogen-bond acceptors (Lipinski definition) is 5. The minimum atomic E-state index is -3.49. The summed E-state index contributed by atoms with van der Waals surface area (Å²) in [6.45, 7) is 5.83. The van der Waals surface area contributed by atoms with Crippen LogP contribution in [0, 0.1) is 0 Å². The fourth-order valence-corrected chi connectivity index (χ4v) is 5.07. The number of amides is 1. The predicted molar refractivity (Wildman–Crippen MR) is 119 cm³/mol. The van der Waals surface area contributed by atoms with E-state index in [1.54, 1.807) is 50.2 Å². The number of fused-ring (bicyclic) bond motifs is 1. The van der Waals surface area contributed by atoms with Crippen molar-refractivity contribution in [2.24, 2.45) is 0 Å². The second-order valence-corrected chi connectivity index (χ2v) is 9.49. The van der Waals surface area contributed by atoms with Crippen molar-refractivity contribution in [3.8, 4) is 11.5 Å². The fraction of sp³-hybridized carbons (Fsp3) is 0.409. The summed E-state index contributed by atoms with van der Waals surface area (Å²) < 4.78 is 37.8. The zero-order chi connectivity index (χ0) is 22.4. The van der Waals surface area contributed by atoms with Gasteiger partial charge < -0.3 is 14.8 Å². The van der Waals surface area contributed by atoms with Crippen molar-refractivity contribution in [3.63, 3.8) is 0 Å². The van der Waals surface area contributed by atoms with E-state index in [1.807, 2.05) is 0 Å². The maximum absolute atomic E-state index is 12.6. The Labute approximate surface area is 188 Å². The van der Waals surface area contributed by atoms with Crippen LogP contribution < -0.4 is 14.8 Å². The molecule has 31 heavy (non-hydrogen) atoms. The molecule has 0 bridgehead atoms. The van der Waals surface area contributed by atoms with Gasteiger partial charge in [0.15, 0.2) is 11.5 Å². The van der Waals surface area contributed by atoms with Crippen molar-refractivity contribution in [1.82, 2.24) is 9.62 Å². The van der Waals surface area contributed by atoms with Crippen molar-refractivity contribution in [2.75, 3.05) is 26.3 Å². The van der Waals surface area contributed by atoms with Crippen LogP contribution in [0.3, 0.4) is 0 Å². The molecule has 2 aromatic carbocycles. The molecule has 1 aliphatic heterocycles. The Balaban J connectivity index is 1.60. The number of nitrogens with zero attached hydrogens (tertiary/aromatic N) is 1. The molecule has 9 heteroatoms. The van der Waals surface area contributed by atoms with Gasteiger partial charge in [0, 0.05) is 26.1 Å². The first-order valence-corrected chi connectivity index (χ1v) is 12.1. The summed E-state index contributed by atoms with van der Waals surface area (Å²) in [6.07, 6.45) is 0.917. The molecule has 0 fully saturated rings. The Morgan fingerprint density at radius 3 is 2.42 bits per heavy atom. The lowest BCUT2D eigenvalue weighted by molar-refractivity contribution is -0.120. The topological polar surface area (TPSA) is 84.9 Å². The number of carbonyl (C=O) groups is 1. The van der Waals surface area contributed by atoms with E-state index in [2.05, 4.69) is 5.32 Å². The summed E-state index contributed by atoms with van der Waals surface area (Å²) in [6, 6.07) is 10.0. The number of ether oxygens (including phenoxy) is 2. The largest absolute Gasteiger partial charge is 0.489 e. The first-order chi connectivity index (χ1) is 14.8. The SMILES string of the molecule is CCN(CC)S(=O)(=O)c1ccc(CNC(=O)Cc2cc(Cl)c3c(c2)OCCCO3)cc1. The van der Waals surface area contributed by atoms with Crippen LogP contribution in [0.4, 0.5) is 0 Å². The van der Waals surface area contributed by atoms with Crippen molar-refractivity contribution >= 4 is 27.5 Å². The Hall–Kier alpha value is -2.29. The summed E-state index contributed by atoms with van der Waals surface area (Å²) in [5.74, 6) is 0.895. The van der Waals surface area contributed by atoms with E-state index in [0.29, 0.717) is 49.4 Å². The summed E-state index contributed by atoms with van der Waals surface area (Å²) in [4.78, 5) is 12.6. The molecule has 0 unspecified atom stereocenters. The molecule has 0 spiro atoms. The Kier molecular flexibility index (Phi) is 7.80. The van der Waals surface area contributed by atoms with Crippen molar-refractivity contribution in [3.05, 3.63) is 52.5 Å². The maximum atomic E-state index is 12.6. The molecule has 3 rings (SSSR count). The van der Waals surface area contributed by atoms with Gasteiger partial charge in [0.25, 0.3) is 0 Å². The minimum Gasteiger partial charge on any atom is -0.489 e. The van der Waals surface area contributed by atoms with Crippen LogP contribution in [0.25, 0.3) is 0 Å². The first-order valence-electron chi connectivity index (χ1n) is 10.3. The third-order valence-corrected chi connectivity index (χ3v) is 7.33. The quantitative estimate of drug-likeness (QED) is 0.644. The van der Waals surface area contributed by atoms with Crippen molar-refractivity contribution < 1.29 is 22.7 Å². The van der Waals surface area contributed by atoms with Gasteiger partial charge >= 0.3 is 0 Å². The van der Waals surface area contributed by atoms with Gasteiger partial charge in [-0.1, -0.05) is 37.6 Å². The monoisotopic (exact) mass is 466 g/mol. The van der Waals surface area contributed by atoms with Gasteiger partial charge in [-0.05, 0) is 35.4 Å². The summed E-state index contributed by atoms with van der Waals surface area (Å²) in [5.41, 5.74) is 1.54. The molecule has 7 nitrogen and oxygen atoms in total. The van der Waals surface area contributed by atoms with E-state index in [9.17, 15) is 13.2 Å². The van der Waals surface area contributed by atoms with Crippen LogP contribution in [0.2, 0.25) is 5.02 Å². The third kappa shape index (κ3) is 5.70. The molecule has 0 aromatic heterocycles. The molecule has 0 saturated heterocycles. The van der Waals surface area contributed by atoms with Gasteiger partial charge in [0.2, 0.25) is 15.9 Å². The van der Waals surface area contributed by atoms with E-state index in [4.69, 9.17) is 21.1 Å². The first kappa shape index (κ1) is 23.4. The summed E-state index contributed by atoms with van der Waals surface area (Å²) in [5, 5.41) is 3.27. The van der Waals surface area contributed by atoms with Gasteiger partial charge in [-0.2, -0.15) is 4.31 Å². The number of nitrogens with one attached hydrogen (secondary N) is 1.